The lowest BCUT2D eigenvalue weighted by atomic mass is 10.1. The Bertz CT molecular complexity index is 1730. The summed E-state index contributed by atoms with van der Waals surface area (Å²) in [5.74, 6) is 0.522. The van der Waals surface area contributed by atoms with Gasteiger partial charge in [-0.1, -0.05) is 42.1 Å². The van der Waals surface area contributed by atoms with Crippen LogP contribution in [0.4, 0.5) is 0 Å². The molecule has 0 saturated heterocycles. The number of aromatic nitrogens is 2. The van der Waals surface area contributed by atoms with E-state index in [2.05, 4.69) is 15.5 Å². The summed E-state index contributed by atoms with van der Waals surface area (Å²) < 4.78 is 13.8. The number of hydrogen-bond donors (Lipinski definition) is 2. The largest absolute Gasteiger partial charge is 0.494 e. The highest BCUT2D eigenvalue weighted by atomic mass is 32.2. The smallest absolute Gasteiger partial charge is 0.265 e. The summed E-state index contributed by atoms with van der Waals surface area (Å²) in [5, 5.41) is 16.1. The molecule has 1 amide bonds. The van der Waals surface area contributed by atoms with Crippen molar-refractivity contribution in [3.8, 4) is 23.1 Å². The van der Waals surface area contributed by atoms with Crippen LogP contribution in [-0.2, 0) is 4.79 Å². The van der Waals surface area contributed by atoms with Gasteiger partial charge < -0.3 is 14.6 Å². The van der Waals surface area contributed by atoms with Crippen LogP contribution in [0.3, 0.4) is 0 Å². The van der Waals surface area contributed by atoms with E-state index >= 15 is 0 Å². The van der Waals surface area contributed by atoms with Crippen molar-refractivity contribution in [1.29, 1.82) is 0 Å². The van der Waals surface area contributed by atoms with Crippen LogP contribution in [0, 0.1) is 0 Å². The Morgan fingerprint density at radius 3 is 2.76 bits per heavy atom. The monoisotopic (exact) mass is 530 g/mol. The number of hydrogen-bond acceptors (Lipinski definition) is 9. The second kappa shape index (κ2) is 9.60. The molecule has 1 aliphatic rings. The Morgan fingerprint density at radius 2 is 1.89 bits per heavy atom. The standard InChI is InChI=1S/C26H18N4O5S2/c31-23(13-36-26-28-19-7-3-4-8-22(19)37-26)29-27-12-18-16-5-1-2-6-17(16)24(32)30(25(18)33)15-9-10-20-21(11-15)35-14-34-20/h1-12,33H,13-14H2,(H,29,31)/b27-12+. The first-order chi connectivity index (χ1) is 18.1. The number of nitrogens with zero attached hydrogens (tertiary/aromatic N) is 3. The van der Waals surface area contributed by atoms with Crippen LogP contribution < -0.4 is 20.5 Å². The molecule has 0 bridgehead atoms. The minimum absolute atomic E-state index is 0.0895. The van der Waals surface area contributed by atoms with Gasteiger partial charge in [0.05, 0.1) is 33.4 Å². The number of fused-ring (bicyclic) bond motifs is 3. The van der Waals surface area contributed by atoms with Crippen LogP contribution >= 0.6 is 23.1 Å². The molecule has 2 aromatic heterocycles. The first-order valence-electron chi connectivity index (χ1n) is 11.2. The number of carbonyl (C=O) groups excluding carboxylic acids is 1. The van der Waals surface area contributed by atoms with Crippen molar-refractivity contribution in [1.82, 2.24) is 15.0 Å². The molecule has 3 aromatic carbocycles. The predicted molar refractivity (Wildman–Crippen MR) is 143 cm³/mol. The van der Waals surface area contributed by atoms with Gasteiger partial charge in [0.2, 0.25) is 12.7 Å². The zero-order chi connectivity index (χ0) is 25.4. The molecule has 37 heavy (non-hydrogen) atoms. The SMILES string of the molecule is O=C(CSc1nc2ccccc2s1)N/N=C/c1c(O)n(-c2ccc3c(c2)OCO3)c(=O)c2ccccc12. The number of pyridine rings is 1. The lowest BCUT2D eigenvalue weighted by molar-refractivity contribution is -0.118. The van der Waals surface area contributed by atoms with E-state index in [1.165, 1.54) is 33.9 Å². The average Bonchev–Trinajstić information content (AvgIpc) is 3.56. The molecule has 5 aromatic rings. The molecule has 0 aliphatic carbocycles. The lowest BCUT2D eigenvalue weighted by Crippen LogP contribution is -2.21. The fraction of sp³-hybridized carbons (Fsp3) is 0.0769. The summed E-state index contributed by atoms with van der Waals surface area (Å²) in [4.78, 5) is 30.2. The van der Waals surface area contributed by atoms with Gasteiger partial charge in [-0.2, -0.15) is 5.10 Å². The van der Waals surface area contributed by atoms with Crippen molar-refractivity contribution in [2.24, 2.45) is 5.10 Å². The number of para-hydroxylation sites is 1. The maximum absolute atomic E-state index is 13.3. The summed E-state index contributed by atoms with van der Waals surface area (Å²) in [5.41, 5.74) is 3.67. The second-order valence-corrected chi connectivity index (χ2v) is 10.2. The van der Waals surface area contributed by atoms with Crippen LogP contribution in [0.25, 0.3) is 26.7 Å². The van der Waals surface area contributed by atoms with Crippen LogP contribution in [0.2, 0.25) is 0 Å². The minimum atomic E-state index is -0.402. The van der Waals surface area contributed by atoms with Gasteiger partial charge in [0.25, 0.3) is 11.5 Å². The van der Waals surface area contributed by atoms with Gasteiger partial charge >= 0.3 is 0 Å². The van der Waals surface area contributed by atoms with E-state index in [9.17, 15) is 14.7 Å². The Labute approximate surface area is 218 Å². The van der Waals surface area contributed by atoms with Gasteiger partial charge in [-0.15, -0.1) is 11.3 Å². The Balaban J connectivity index is 1.26. The van der Waals surface area contributed by atoms with Crippen LogP contribution in [0.15, 0.2) is 81.0 Å². The van der Waals surface area contributed by atoms with Crippen molar-refractivity contribution < 1.29 is 19.4 Å². The van der Waals surface area contributed by atoms with Crippen molar-refractivity contribution in [3.63, 3.8) is 0 Å². The quantitative estimate of drug-likeness (QED) is 0.191. The third-order valence-corrected chi connectivity index (χ3v) is 7.88. The molecular weight excluding hydrogens is 512 g/mol. The van der Waals surface area contributed by atoms with Gasteiger partial charge in [0, 0.05) is 16.8 Å². The molecule has 1 aliphatic heterocycles. The summed E-state index contributed by atoms with van der Waals surface area (Å²) in [7, 11) is 0. The van der Waals surface area contributed by atoms with Gasteiger partial charge in [-0.3, -0.25) is 9.59 Å². The first kappa shape index (κ1) is 23.1. The van der Waals surface area contributed by atoms with Gasteiger partial charge in [-0.25, -0.2) is 15.0 Å². The van der Waals surface area contributed by atoms with E-state index in [-0.39, 0.29) is 29.9 Å². The zero-order valence-electron chi connectivity index (χ0n) is 19.1. The second-order valence-electron chi connectivity index (χ2n) is 7.99. The first-order valence-corrected chi connectivity index (χ1v) is 13.0. The molecule has 2 N–H and O–H groups in total. The molecule has 3 heterocycles. The predicted octanol–water partition coefficient (Wildman–Crippen LogP) is 4.28. The molecule has 0 spiro atoms. The summed E-state index contributed by atoms with van der Waals surface area (Å²) in [6.45, 7) is 0.0895. The summed E-state index contributed by atoms with van der Waals surface area (Å²) >= 11 is 2.84. The number of rotatable bonds is 6. The molecule has 0 atom stereocenters. The number of hydrazone groups is 1. The van der Waals surface area contributed by atoms with Crippen LogP contribution in [-0.4, -0.2) is 39.3 Å². The highest BCUT2D eigenvalue weighted by molar-refractivity contribution is 8.01. The molecule has 184 valence electrons. The number of benzene rings is 3. The number of amides is 1. The number of carbonyl (C=O) groups is 1. The molecule has 0 radical (unpaired) electrons. The third kappa shape index (κ3) is 4.39. The Hall–Kier alpha value is -4.35. The molecule has 6 rings (SSSR count). The van der Waals surface area contributed by atoms with Crippen LogP contribution in [0.5, 0.6) is 17.4 Å². The minimum Gasteiger partial charge on any atom is -0.494 e. The molecule has 0 unspecified atom stereocenters. The fourth-order valence-electron chi connectivity index (χ4n) is 3.99. The number of nitrogens with one attached hydrogen (secondary N) is 1. The normalized spacial score (nSPS) is 12.5. The molecule has 9 nitrogen and oxygen atoms in total. The van der Waals surface area contributed by atoms with Crippen LogP contribution in [0.1, 0.15) is 5.56 Å². The van der Waals surface area contributed by atoms with Gasteiger partial charge in [0.1, 0.15) is 0 Å². The lowest BCUT2D eigenvalue weighted by Gasteiger charge is -2.14. The highest BCUT2D eigenvalue weighted by Crippen LogP contribution is 2.35. The molecule has 11 heteroatoms. The topological polar surface area (TPSA) is 115 Å². The van der Waals surface area contributed by atoms with Crippen molar-refractivity contribution in [2.45, 2.75) is 4.34 Å². The number of aromatic hydroxyl groups is 1. The van der Waals surface area contributed by atoms with E-state index in [0.29, 0.717) is 28.0 Å². The Morgan fingerprint density at radius 1 is 1.11 bits per heavy atom. The van der Waals surface area contributed by atoms with Gasteiger partial charge in [0.15, 0.2) is 15.8 Å². The van der Waals surface area contributed by atoms with E-state index in [4.69, 9.17) is 9.47 Å². The van der Waals surface area contributed by atoms with Crippen molar-refractivity contribution in [2.75, 3.05) is 12.5 Å². The Kier molecular flexibility index (Phi) is 5.99. The summed E-state index contributed by atoms with van der Waals surface area (Å²) in [6.07, 6.45) is 1.33. The zero-order valence-corrected chi connectivity index (χ0v) is 20.7. The maximum Gasteiger partial charge on any atom is 0.265 e. The van der Waals surface area contributed by atoms with Crippen molar-refractivity contribution >= 4 is 56.2 Å². The number of ether oxygens (including phenoxy) is 2. The van der Waals surface area contributed by atoms with E-state index in [0.717, 1.165) is 14.6 Å². The summed E-state index contributed by atoms with van der Waals surface area (Å²) in [6, 6.07) is 19.6. The van der Waals surface area contributed by atoms with E-state index in [1.807, 2.05) is 24.3 Å². The van der Waals surface area contributed by atoms with Crippen molar-refractivity contribution in [3.05, 3.63) is 82.6 Å². The highest BCUT2D eigenvalue weighted by Gasteiger charge is 2.19. The van der Waals surface area contributed by atoms with E-state index < -0.39 is 5.56 Å². The molecule has 0 saturated carbocycles. The number of thioether (sulfide) groups is 1. The number of thiazole rings is 1. The third-order valence-electron chi connectivity index (χ3n) is 5.70. The molecular formula is C26H18N4O5S2. The van der Waals surface area contributed by atoms with E-state index in [1.54, 1.807) is 42.5 Å². The fourth-order valence-corrected chi connectivity index (χ4v) is 5.86. The maximum atomic E-state index is 13.3. The van der Waals surface area contributed by atoms with Gasteiger partial charge in [-0.05, 0) is 30.3 Å². The molecule has 0 fully saturated rings. The average molecular weight is 531 g/mol.